The van der Waals surface area contributed by atoms with E-state index < -0.39 is 21.7 Å². The van der Waals surface area contributed by atoms with Crippen LogP contribution in [0.25, 0.3) is 0 Å². The lowest BCUT2D eigenvalue weighted by molar-refractivity contribution is 0.0942. The Morgan fingerprint density at radius 1 is 1.38 bits per heavy atom. The summed E-state index contributed by atoms with van der Waals surface area (Å²) < 4.78 is 36.1. The molecule has 1 aromatic rings. The van der Waals surface area contributed by atoms with E-state index in [-0.39, 0.29) is 10.5 Å². The average molecular weight is 312 g/mol. The van der Waals surface area contributed by atoms with Gasteiger partial charge < -0.3 is 5.32 Å². The first kappa shape index (κ1) is 15.7. The summed E-state index contributed by atoms with van der Waals surface area (Å²) in [5.41, 5.74) is -0.312. The SMILES string of the molecule is NS(=O)(=O)c1ccc(F)c(C(=O)NCC2CC=CCC2)c1. The van der Waals surface area contributed by atoms with Crippen molar-refractivity contribution in [3.63, 3.8) is 0 Å². The van der Waals surface area contributed by atoms with E-state index in [2.05, 4.69) is 17.5 Å². The van der Waals surface area contributed by atoms with Gasteiger partial charge in [0.1, 0.15) is 5.82 Å². The normalized spacial score (nSPS) is 18.5. The van der Waals surface area contributed by atoms with Gasteiger partial charge in [-0.2, -0.15) is 0 Å². The molecule has 114 valence electrons. The van der Waals surface area contributed by atoms with E-state index >= 15 is 0 Å². The molecule has 1 aliphatic rings. The highest BCUT2D eigenvalue weighted by atomic mass is 32.2. The van der Waals surface area contributed by atoms with Crippen LogP contribution in [0.5, 0.6) is 0 Å². The minimum atomic E-state index is -3.97. The predicted octanol–water partition coefficient (Wildman–Crippen LogP) is 1.56. The van der Waals surface area contributed by atoms with Gasteiger partial charge in [-0.1, -0.05) is 12.2 Å². The topological polar surface area (TPSA) is 89.3 Å². The summed E-state index contributed by atoms with van der Waals surface area (Å²) in [6, 6.07) is 2.92. The van der Waals surface area contributed by atoms with Gasteiger partial charge in [-0.15, -0.1) is 0 Å². The summed E-state index contributed by atoms with van der Waals surface area (Å²) >= 11 is 0. The number of nitrogens with two attached hydrogens (primary N) is 1. The molecular formula is C14H17FN2O3S. The van der Waals surface area contributed by atoms with E-state index in [1.165, 1.54) is 0 Å². The molecule has 1 aromatic carbocycles. The molecule has 2 rings (SSSR count). The van der Waals surface area contributed by atoms with Crippen LogP contribution in [0.4, 0.5) is 4.39 Å². The molecule has 0 saturated heterocycles. The zero-order chi connectivity index (χ0) is 15.5. The molecule has 0 fully saturated rings. The maximum Gasteiger partial charge on any atom is 0.254 e. The summed E-state index contributed by atoms with van der Waals surface area (Å²) in [7, 11) is -3.97. The van der Waals surface area contributed by atoms with Crippen molar-refractivity contribution in [3.05, 3.63) is 41.7 Å². The number of carbonyl (C=O) groups is 1. The molecule has 1 atom stereocenters. The number of amides is 1. The molecular weight excluding hydrogens is 295 g/mol. The molecule has 1 amide bonds. The number of rotatable bonds is 4. The summed E-state index contributed by atoms with van der Waals surface area (Å²) in [4.78, 5) is 11.7. The zero-order valence-electron chi connectivity index (χ0n) is 11.4. The Bertz CT molecular complexity index is 671. The summed E-state index contributed by atoms with van der Waals surface area (Å²) in [6.45, 7) is 0.433. The lowest BCUT2D eigenvalue weighted by Crippen LogP contribution is -2.30. The van der Waals surface area contributed by atoms with E-state index in [1.807, 2.05) is 0 Å². The minimum absolute atomic E-state index is 0.283. The van der Waals surface area contributed by atoms with Crippen molar-refractivity contribution in [2.75, 3.05) is 6.54 Å². The van der Waals surface area contributed by atoms with Gasteiger partial charge in [0.15, 0.2) is 0 Å². The largest absolute Gasteiger partial charge is 0.352 e. The van der Waals surface area contributed by atoms with E-state index in [9.17, 15) is 17.6 Å². The molecule has 0 heterocycles. The van der Waals surface area contributed by atoms with Crippen LogP contribution in [-0.2, 0) is 10.0 Å². The highest BCUT2D eigenvalue weighted by Gasteiger charge is 2.18. The van der Waals surface area contributed by atoms with Crippen LogP contribution in [0.2, 0.25) is 0 Å². The number of hydrogen-bond acceptors (Lipinski definition) is 3. The van der Waals surface area contributed by atoms with Crippen LogP contribution in [0.15, 0.2) is 35.2 Å². The second-order valence-electron chi connectivity index (χ2n) is 5.05. The smallest absolute Gasteiger partial charge is 0.254 e. The van der Waals surface area contributed by atoms with Crippen molar-refractivity contribution in [1.82, 2.24) is 5.32 Å². The molecule has 1 aliphatic carbocycles. The van der Waals surface area contributed by atoms with Crippen LogP contribution in [0.1, 0.15) is 29.6 Å². The fourth-order valence-corrected chi connectivity index (χ4v) is 2.77. The number of allylic oxidation sites excluding steroid dienone is 2. The molecule has 5 nitrogen and oxygen atoms in total. The van der Waals surface area contributed by atoms with Crippen LogP contribution < -0.4 is 10.5 Å². The number of hydrogen-bond donors (Lipinski definition) is 2. The first-order valence-corrected chi connectivity index (χ1v) is 8.18. The van der Waals surface area contributed by atoms with Gasteiger partial charge >= 0.3 is 0 Å². The highest BCUT2D eigenvalue weighted by molar-refractivity contribution is 7.89. The Labute approximate surface area is 123 Å². The number of halogens is 1. The molecule has 7 heteroatoms. The molecule has 21 heavy (non-hydrogen) atoms. The first-order valence-electron chi connectivity index (χ1n) is 6.63. The van der Waals surface area contributed by atoms with Crippen LogP contribution in [0.3, 0.4) is 0 Å². The summed E-state index contributed by atoms with van der Waals surface area (Å²) in [5, 5.41) is 7.62. The van der Waals surface area contributed by atoms with E-state index in [0.717, 1.165) is 37.5 Å². The predicted molar refractivity (Wildman–Crippen MR) is 76.6 cm³/mol. The highest BCUT2D eigenvalue weighted by Crippen LogP contribution is 2.18. The molecule has 0 aliphatic heterocycles. The molecule has 0 bridgehead atoms. The van der Waals surface area contributed by atoms with Crippen LogP contribution >= 0.6 is 0 Å². The van der Waals surface area contributed by atoms with Crippen molar-refractivity contribution in [1.29, 1.82) is 0 Å². The molecule has 0 aromatic heterocycles. The lowest BCUT2D eigenvalue weighted by Gasteiger charge is -2.18. The lowest BCUT2D eigenvalue weighted by atomic mass is 9.94. The van der Waals surface area contributed by atoms with Gasteiger partial charge in [0.05, 0.1) is 10.5 Å². The van der Waals surface area contributed by atoms with Gasteiger partial charge in [-0.05, 0) is 43.4 Å². The Kier molecular flexibility index (Phi) is 4.74. The fourth-order valence-electron chi connectivity index (χ4n) is 2.23. The monoisotopic (exact) mass is 312 g/mol. The average Bonchev–Trinajstić information content (AvgIpc) is 2.45. The fraction of sp³-hybridized carbons (Fsp3) is 0.357. The molecule has 0 radical (unpaired) electrons. The first-order chi connectivity index (χ1) is 9.88. The van der Waals surface area contributed by atoms with Crippen LogP contribution in [0, 0.1) is 11.7 Å². The Hall–Kier alpha value is -1.73. The van der Waals surface area contributed by atoms with Crippen molar-refractivity contribution >= 4 is 15.9 Å². The van der Waals surface area contributed by atoms with Gasteiger partial charge in [0, 0.05) is 6.54 Å². The summed E-state index contributed by atoms with van der Waals surface area (Å²) in [5.74, 6) is -1.08. The number of nitrogens with one attached hydrogen (secondary N) is 1. The third kappa shape index (κ3) is 4.12. The van der Waals surface area contributed by atoms with Gasteiger partial charge in [-0.25, -0.2) is 17.9 Å². The Morgan fingerprint density at radius 2 is 2.14 bits per heavy atom. The van der Waals surface area contributed by atoms with Crippen molar-refractivity contribution in [2.45, 2.75) is 24.2 Å². The number of carbonyl (C=O) groups excluding carboxylic acids is 1. The number of sulfonamides is 1. The molecule has 0 spiro atoms. The van der Waals surface area contributed by atoms with Gasteiger partial charge in [0.2, 0.25) is 10.0 Å². The van der Waals surface area contributed by atoms with E-state index in [4.69, 9.17) is 5.14 Å². The van der Waals surface area contributed by atoms with Crippen molar-refractivity contribution in [2.24, 2.45) is 11.1 Å². The number of primary sulfonamides is 1. The molecule has 3 N–H and O–H groups in total. The standard InChI is InChI=1S/C14H17FN2O3S/c15-13-7-6-11(21(16,19)20)8-12(13)14(18)17-9-10-4-2-1-3-5-10/h1-2,6-8,10H,3-5,9H2,(H,17,18)(H2,16,19,20). The molecule has 1 unspecified atom stereocenters. The van der Waals surface area contributed by atoms with Gasteiger partial charge in [-0.3, -0.25) is 4.79 Å². The molecule has 0 saturated carbocycles. The Balaban J connectivity index is 2.09. The van der Waals surface area contributed by atoms with Crippen molar-refractivity contribution in [3.8, 4) is 0 Å². The van der Waals surface area contributed by atoms with E-state index in [1.54, 1.807) is 0 Å². The third-order valence-corrected chi connectivity index (χ3v) is 4.35. The maximum absolute atomic E-state index is 13.7. The Morgan fingerprint density at radius 3 is 2.76 bits per heavy atom. The minimum Gasteiger partial charge on any atom is -0.352 e. The zero-order valence-corrected chi connectivity index (χ0v) is 12.2. The number of benzene rings is 1. The van der Waals surface area contributed by atoms with Gasteiger partial charge in [0.25, 0.3) is 5.91 Å². The second-order valence-corrected chi connectivity index (χ2v) is 6.61. The van der Waals surface area contributed by atoms with Crippen molar-refractivity contribution < 1.29 is 17.6 Å². The maximum atomic E-state index is 13.7. The second kappa shape index (κ2) is 6.36. The summed E-state index contributed by atoms with van der Waals surface area (Å²) in [6.07, 6.45) is 6.96. The van der Waals surface area contributed by atoms with Crippen LogP contribution in [-0.4, -0.2) is 20.9 Å². The quantitative estimate of drug-likeness (QED) is 0.827. The van der Waals surface area contributed by atoms with E-state index in [0.29, 0.717) is 12.5 Å². The third-order valence-electron chi connectivity index (χ3n) is 3.44.